The number of hydrogen-bond donors (Lipinski definition) is 5. The van der Waals surface area contributed by atoms with Gasteiger partial charge in [-0.25, -0.2) is 10.4 Å². The zero-order valence-electron chi connectivity index (χ0n) is 41.9. The first-order valence-electron chi connectivity index (χ1n) is 24.2. The number of anilines is 1. The van der Waals surface area contributed by atoms with Gasteiger partial charge in [0, 0.05) is 67.9 Å². The van der Waals surface area contributed by atoms with E-state index in [0.717, 1.165) is 38.9 Å². The van der Waals surface area contributed by atoms with Crippen molar-refractivity contribution in [1.29, 1.82) is 0 Å². The van der Waals surface area contributed by atoms with Gasteiger partial charge in [-0.15, -0.1) is 0 Å². The Morgan fingerprint density at radius 3 is 2.51 bits per heavy atom. The van der Waals surface area contributed by atoms with Crippen LogP contribution in [0.5, 0.6) is 5.75 Å². The first-order chi connectivity index (χ1) is 34.4. The average Bonchev–Trinajstić information content (AvgIpc) is 4.12. The molecule has 19 nitrogen and oxygen atoms in total. The number of carbonyl (C=O) groups excluding carboxylic acids is 6. The van der Waals surface area contributed by atoms with Gasteiger partial charge in [-0.3, -0.25) is 44.1 Å². The molecule has 1 unspecified atom stereocenters. The zero-order valence-corrected chi connectivity index (χ0v) is 41.9. The number of aromatic nitrogens is 3. The number of likely N-dealkylation sites (N-methyl/N-ethyl adjacent to an activating group) is 1. The second-order valence-electron chi connectivity index (χ2n) is 19.9. The van der Waals surface area contributed by atoms with Gasteiger partial charge in [0.15, 0.2) is 0 Å². The molecule has 4 amide bonds. The minimum atomic E-state index is -1.23. The number of cyclic esters (lactones) is 1. The van der Waals surface area contributed by atoms with E-state index in [1.54, 1.807) is 39.3 Å². The van der Waals surface area contributed by atoms with Crippen molar-refractivity contribution < 1.29 is 48.1 Å². The molecule has 380 valence electrons. The highest BCUT2D eigenvalue weighted by Crippen LogP contribution is 2.41. The van der Waals surface area contributed by atoms with Crippen molar-refractivity contribution in [1.82, 2.24) is 40.5 Å². The predicted octanol–water partition coefficient (Wildman–Crippen LogP) is 4.53. The molecule has 2 aromatic carbocycles. The van der Waals surface area contributed by atoms with Gasteiger partial charge in [-0.05, 0) is 102 Å². The minimum absolute atomic E-state index is 0.00921. The number of methoxy groups -OCH3 is 2. The van der Waals surface area contributed by atoms with Crippen LogP contribution in [0, 0.1) is 11.3 Å². The summed E-state index contributed by atoms with van der Waals surface area (Å²) in [6.45, 7) is 11.1. The Morgan fingerprint density at radius 1 is 1.01 bits per heavy atom. The van der Waals surface area contributed by atoms with Crippen LogP contribution in [-0.4, -0.2) is 130 Å². The molecule has 3 aliphatic rings. The molecule has 19 heteroatoms. The van der Waals surface area contributed by atoms with Crippen LogP contribution in [0.25, 0.3) is 33.3 Å². The largest absolute Gasteiger partial charge is 0.508 e. The third-order valence-electron chi connectivity index (χ3n) is 13.5. The molecule has 2 fully saturated rings. The Hall–Kier alpha value is -7.22. The molecule has 0 radical (unpaired) electrons. The highest BCUT2D eigenvalue weighted by molar-refractivity contribution is 6.03. The summed E-state index contributed by atoms with van der Waals surface area (Å²) >= 11 is 0. The first-order valence-corrected chi connectivity index (χ1v) is 24.2. The number of esters is 2. The molecule has 3 aromatic heterocycles. The van der Waals surface area contributed by atoms with Gasteiger partial charge >= 0.3 is 11.9 Å². The number of pyridine rings is 2. The molecular weight excluding hydrogens is 923 g/mol. The van der Waals surface area contributed by atoms with E-state index in [4.69, 9.17) is 9.47 Å². The normalized spacial score (nSPS) is 20.3. The van der Waals surface area contributed by atoms with Crippen LogP contribution < -0.4 is 21.4 Å². The molecule has 5 atom stereocenters. The number of nitrogens with zero attached hydrogens (tertiary/aromatic N) is 5. The number of amides is 4. The first kappa shape index (κ1) is 51.1. The lowest BCUT2D eigenvalue weighted by molar-refractivity contribution is -0.155. The van der Waals surface area contributed by atoms with E-state index in [-0.39, 0.29) is 36.7 Å². The molecule has 3 aliphatic heterocycles. The lowest BCUT2D eigenvalue weighted by Crippen LogP contribution is -2.62. The molecule has 0 aliphatic carbocycles. The van der Waals surface area contributed by atoms with Crippen LogP contribution in [0.3, 0.4) is 0 Å². The van der Waals surface area contributed by atoms with Crippen molar-refractivity contribution >= 4 is 52.2 Å². The van der Waals surface area contributed by atoms with Crippen LogP contribution in [-0.2, 0) is 64.2 Å². The van der Waals surface area contributed by atoms with Crippen molar-refractivity contribution in [2.75, 3.05) is 39.7 Å². The molecule has 0 saturated carbocycles. The third-order valence-corrected chi connectivity index (χ3v) is 13.5. The van der Waals surface area contributed by atoms with E-state index in [1.165, 1.54) is 42.4 Å². The number of benzene rings is 2. The number of nitrogens with one attached hydrogen (secondary N) is 4. The summed E-state index contributed by atoms with van der Waals surface area (Å²) in [5, 5.41) is 22.0. The van der Waals surface area contributed by atoms with Gasteiger partial charge in [0.2, 0.25) is 11.8 Å². The van der Waals surface area contributed by atoms with E-state index in [0.29, 0.717) is 43.5 Å². The Labute approximate surface area is 418 Å². The highest BCUT2D eigenvalue weighted by atomic mass is 16.5. The summed E-state index contributed by atoms with van der Waals surface area (Å²) in [4.78, 5) is 91.8. The second-order valence-corrected chi connectivity index (χ2v) is 19.9. The fourth-order valence-electron chi connectivity index (χ4n) is 9.93. The molecule has 0 spiro atoms. The van der Waals surface area contributed by atoms with E-state index in [2.05, 4.69) is 73.6 Å². The van der Waals surface area contributed by atoms with Crippen molar-refractivity contribution in [3.05, 3.63) is 95.6 Å². The molecule has 8 rings (SSSR count). The fraction of sp³-hybridized carbons (Fsp3) is 0.434. The summed E-state index contributed by atoms with van der Waals surface area (Å²) in [5.74, 6) is -3.76. The summed E-state index contributed by atoms with van der Waals surface area (Å²) in [7, 11) is 4.37. The maximum Gasteiger partial charge on any atom is 0.325 e. The number of fused-ring (bicyclic) bond motifs is 6. The lowest BCUT2D eigenvalue weighted by atomic mass is 9.84. The quantitative estimate of drug-likeness (QED) is 0.0852. The Bertz CT molecular complexity index is 2900. The molecule has 2 saturated heterocycles. The molecule has 5 aromatic rings. The summed E-state index contributed by atoms with van der Waals surface area (Å²) < 4.78 is 18.7. The maximum atomic E-state index is 14.8. The van der Waals surface area contributed by atoms with Gasteiger partial charge in [-0.1, -0.05) is 39.8 Å². The number of hydrogen-bond acceptors (Lipinski definition) is 14. The van der Waals surface area contributed by atoms with Gasteiger partial charge in [-0.2, -0.15) is 0 Å². The van der Waals surface area contributed by atoms with Crippen LogP contribution in [0.15, 0.2) is 73.2 Å². The molecule has 72 heavy (non-hydrogen) atoms. The maximum absolute atomic E-state index is 14.8. The molecular formula is C53H63N9O10. The monoisotopic (exact) mass is 985 g/mol. The Kier molecular flexibility index (Phi) is 15.1. The van der Waals surface area contributed by atoms with Crippen LogP contribution in [0.1, 0.15) is 74.6 Å². The second kappa shape index (κ2) is 21.2. The average molecular weight is 986 g/mol. The Balaban J connectivity index is 1.13. The van der Waals surface area contributed by atoms with Crippen LogP contribution in [0.2, 0.25) is 0 Å². The number of ether oxygens (including phenoxy) is 3. The number of rotatable bonds is 12. The van der Waals surface area contributed by atoms with Gasteiger partial charge < -0.3 is 39.4 Å². The molecule has 6 heterocycles. The smallest absolute Gasteiger partial charge is 0.325 e. The molecule has 5 N–H and O–H groups in total. The van der Waals surface area contributed by atoms with Crippen LogP contribution >= 0.6 is 0 Å². The van der Waals surface area contributed by atoms with E-state index in [1.807, 2.05) is 24.4 Å². The van der Waals surface area contributed by atoms with Crippen molar-refractivity contribution in [2.45, 2.75) is 104 Å². The van der Waals surface area contributed by atoms with E-state index >= 15 is 0 Å². The third kappa shape index (κ3) is 10.8. The number of aryl methyl sites for hydroxylation is 1. The SMILES string of the molecule is CCn1c(-c2cnccc2COC)c2c3cc(ccc31)-c1cc(O)cc(c1)C[C@H](NC(=O)C(C(C)C)N(C)C(=O)c1ccc(NC(=O)[C@@H]3N[C@@H]3C(=O)OC)cn1)C(=O)N1CCC[C@H](N1)C(=O)OCC(C)(C)C2. The van der Waals surface area contributed by atoms with Crippen molar-refractivity contribution in [2.24, 2.45) is 11.3 Å². The van der Waals surface area contributed by atoms with E-state index in [9.17, 15) is 33.9 Å². The minimum Gasteiger partial charge on any atom is -0.508 e. The van der Waals surface area contributed by atoms with Crippen molar-refractivity contribution in [3.8, 4) is 28.1 Å². The predicted molar refractivity (Wildman–Crippen MR) is 267 cm³/mol. The number of phenols is 1. The van der Waals surface area contributed by atoms with Gasteiger partial charge in [0.1, 0.15) is 41.7 Å². The number of phenolic OH excluding ortho intramolecular Hbond substituents is 1. The Morgan fingerprint density at radius 2 is 1.81 bits per heavy atom. The number of aromatic hydroxyl groups is 1. The highest BCUT2D eigenvalue weighted by Gasteiger charge is 2.48. The fourth-order valence-corrected chi connectivity index (χ4v) is 9.93. The summed E-state index contributed by atoms with van der Waals surface area (Å²) in [5.41, 5.74) is 9.77. The van der Waals surface area contributed by atoms with Gasteiger partial charge in [0.25, 0.3) is 11.8 Å². The standard InChI is InChI=1S/C53H63N9O10/c1-9-61-42-15-12-31-23-36(42)37(46(61)38-26-54-17-16-32(38)27-70-7)24-53(4,5)28-72-51(68)40-11-10-18-62(59-40)50(67)41(21-30-19-33(31)22-35(63)20-30)57-48(65)45(29(2)3)60(6)49(66)39-14-13-34(25-55-39)56-47(64)43-44(58-43)52(69)71-8/h12-17,19-20,22-23,25-26,29,40-41,43-45,58-59,63H,9-11,18,21,24,27-28H2,1-8H3,(H,56,64)(H,57,65)/t40-,41-,43+,44-,45?/m0/s1. The van der Waals surface area contributed by atoms with Crippen molar-refractivity contribution in [3.63, 3.8) is 0 Å². The molecule has 6 bridgehead atoms. The topological polar surface area (TPSA) is 246 Å². The summed E-state index contributed by atoms with van der Waals surface area (Å²) in [6, 6.07) is 11.5. The number of carbonyl (C=O) groups is 6. The number of hydrazine groups is 1. The van der Waals surface area contributed by atoms with Gasteiger partial charge in [0.05, 0.1) is 37.9 Å². The lowest BCUT2D eigenvalue weighted by Gasteiger charge is -2.36. The summed E-state index contributed by atoms with van der Waals surface area (Å²) in [6.07, 6.45) is 6.27. The van der Waals surface area contributed by atoms with Crippen LogP contribution in [0.4, 0.5) is 5.69 Å². The van der Waals surface area contributed by atoms with E-state index < -0.39 is 77.1 Å². The zero-order chi connectivity index (χ0) is 51.6.